The standard InChI is InChI=1S/C19H19ClN6O4S2/c1-9-4-12(17(21-2)22-5-9)32-19-16(29-3)14(15(28)11(7-27)30-19)26-6-10(24-25-26)18-23-13(20)8-31-18/h4-6,8,11,14-16,19,27-28H,7H2,1,3H3/t11?,14-,15-,16?,19+/m0/s1. The highest BCUT2D eigenvalue weighted by molar-refractivity contribution is 8.00. The summed E-state index contributed by atoms with van der Waals surface area (Å²) in [6.45, 7) is 8.87. The van der Waals surface area contributed by atoms with Gasteiger partial charge < -0.3 is 24.5 Å². The van der Waals surface area contributed by atoms with Gasteiger partial charge in [-0.1, -0.05) is 29.5 Å². The number of aliphatic hydroxyl groups excluding tert-OH is 2. The molecule has 0 spiro atoms. The number of ether oxygens (including phenoxy) is 2. The lowest BCUT2D eigenvalue weighted by molar-refractivity contribution is -0.186. The van der Waals surface area contributed by atoms with Gasteiger partial charge in [0, 0.05) is 17.4 Å². The van der Waals surface area contributed by atoms with E-state index >= 15 is 0 Å². The molecule has 3 aromatic rings. The summed E-state index contributed by atoms with van der Waals surface area (Å²) in [5.74, 6) is 0.242. The quantitative estimate of drug-likeness (QED) is 0.498. The van der Waals surface area contributed by atoms with E-state index in [0.717, 1.165) is 5.56 Å². The van der Waals surface area contributed by atoms with Crippen molar-refractivity contribution in [1.82, 2.24) is 25.0 Å². The van der Waals surface area contributed by atoms with Crippen molar-refractivity contribution >= 4 is 40.5 Å². The summed E-state index contributed by atoms with van der Waals surface area (Å²) in [6.07, 6.45) is 0.589. The number of methoxy groups -OCH3 is 1. The zero-order valence-corrected chi connectivity index (χ0v) is 19.4. The Kier molecular flexibility index (Phi) is 7.06. The van der Waals surface area contributed by atoms with Gasteiger partial charge in [-0.05, 0) is 12.5 Å². The van der Waals surface area contributed by atoms with Crippen LogP contribution in [0.15, 0.2) is 28.7 Å². The number of aliphatic hydroxyl groups is 2. The van der Waals surface area contributed by atoms with Crippen LogP contribution in [0.1, 0.15) is 11.6 Å². The fraction of sp³-hybridized carbons (Fsp3) is 0.421. The average Bonchev–Trinajstić information content (AvgIpc) is 3.43. The third kappa shape index (κ3) is 4.51. The molecule has 0 bridgehead atoms. The van der Waals surface area contributed by atoms with Gasteiger partial charge in [0.15, 0.2) is 0 Å². The molecule has 13 heteroatoms. The van der Waals surface area contributed by atoms with Crippen LogP contribution in [-0.4, -0.2) is 72.6 Å². The summed E-state index contributed by atoms with van der Waals surface area (Å²) < 4.78 is 13.2. The summed E-state index contributed by atoms with van der Waals surface area (Å²) in [7, 11) is 1.50. The zero-order chi connectivity index (χ0) is 22.8. The summed E-state index contributed by atoms with van der Waals surface area (Å²) in [4.78, 5) is 12.5. The van der Waals surface area contributed by atoms with Gasteiger partial charge in [-0.3, -0.25) is 0 Å². The SMILES string of the molecule is [C-]#[N+]c1ncc(C)cc1S[C@H]1OC(CO)[C@H](O)[C@H](n2cc(-c3nc(Cl)cs3)nn2)C1OC. The van der Waals surface area contributed by atoms with Gasteiger partial charge in [0.2, 0.25) is 0 Å². The number of thioether (sulfide) groups is 1. The minimum absolute atomic E-state index is 0.242. The Balaban J connectivity index is 1.68. The number of hydrogen-bond donors (Lipinski definition) is 2. The van der Waals surface area contributed by atoms with Crippen molar-refractivity contribution in [2.24, 2.45) is 0 Å². The lowest BCUT2D eigenvalue weighted by Crippen LogP contribution is -2.55. The molecule has 32 heavy (non-hydrogen) atoms. The molecule has 2 unspecified atom stereocenters. The zero-order valence-electron chi connectivity index (χ0n) is 17.0. The van der Waals surface area contributed by atoms with Crippen molar-refractivity contribution in [3.63, 3.8) is 0 Å². The van der Waals surface area contributed by atoms with Gasteiger partial charge in [0.25, 0.3) is 5.82 Å². The first-order valence-corrected chi connectivity index (χ1v) is 11.6. The predicted octanol–water partition coefficient (Wildman–Crippen LogP) is 2.74. The molecule has 10 nitrogen and oxygen atoms in total. The average molecular weight is 495 g/mol. The molecule has 1 saturated heterocycles. The van der Waals surface area contributed by atoms with Crippen molar-refractivity contribution in [2.45, 2.75) is 41.6 Å². The van der Waals surface area contributed by atoms with E-state index in [4.69, 9.17) is 27.6 Å². The molecule has 0 aromatic carbocycles. The van der Waals surface area contributed by atoms with E-state index in [2.05, 4.69) is 25.1 Å². The molecule has 4 heterocycles. The smallest absolute Gasteiger partial charge is 0.283 e. The molecule has 3 aromatic heterocycles. The van der Waals surface area contributed by atoms with Crippen LogP contribution in [0, 0.1) is 13.5 Å². The number of halogens is 1. The number of aryl methyl sites for hydroxylation is 1. The summed E-state index contributed by atoms with van der Waals surface area (Å²) in [5, 5.41) is 31.7. The van der Waals surface area contributed by atoms with E-state index < -0.39 is 36.4 Å². The molecule has 1 fully saturated rings. The number of nitrogens with zero attached hydrogens (tertiary/aromatic N) is 6. The van der Waals surface area contributed by atoms with Crippen LogP contribution in [0.2, 0.25) is 5.15 Å². The van der Waals surface area contributed by atoms with Crippen LogP contribution in [-0.2, 0) is 9.47 Å². The molecule has 0 radical (unpaired) electrons. The monoisotopic (exact) mass is 494 g/mol. The lowest BCUT2D eigenvalue weighted by Gasteiger charge is -2.43. The number of hydrogen-bond acceptors (Lipinski definition) is 10. The third-order valence-corrected chi connectivity index (χ3v) is 7.28. The molecule has 0 amide bonds. The Bertz CT molecular complexity index is 1140. The fourth-order valence-electron chi connectivity index (χ4n) is 3.43. The van der Waals surface area contributed by atoms with Crippen molar-refractivity contribution in [3.05, 3.63) is 46.0 Å². The highest BCUT2D eigenvalue weighted by Crippen LogP contribution is 2.42. The van der Waals surface area contributed by atoms with Gasteiger partial charge >= 0.3 is 0 Å². The van der Waals surface area contributed by atoms with E-state index in [-0.39, 0.29) is 5.82 Å². The normalized spacial score (nSPS) is 25.6. The third-order valence-electron chi connectivity index (χ3n) is 4.93. The molecule has 4 rings (SSSR count). The van der Waals surface area contributed by atoms with Crippen LogP contribution >= 0.6 is 34.7 Å². The molecule has 168 valence electrons. The summed E-state index contributed by atoms with van der Waals surface area (Å²) >= 11 is 8.50. The predicted molar refractivity (Wildman–Crippen MR) is 119 cm³/mol. The van der Waals surface area contributed by atoms with Gasteiger partial charge in [0.05, 0.1) is 12.8 Å². The van der Waals surface area contributed by atoms with E-state index in [1.54, 1.807) is 17.8 Å². The van der Waals surface area contributed by atoms with Crippen LogP contribution in [0.4, 0.5) is 5.82 Å². The number of thiazole rings is 1. The minimum Gasteiger partial charge on any atom is -0.394 e. The van der Waals surface area contributed by atoms with Gasteiger partial charge in [-0.15, -0.1) is 33.2 Å². The second-order valence-corrected chi connectivity index (χ2v) is 9.42. The fourth-order valence-corrected chi connectivity index (χ4v) is 5.64. The Morgan fingerprint density at radius 2 is 2.28 bits per heavy atom. The first-order valence-electron chi connectivity index (χ1n) is 9.46. The highest BCUT2D eigenvalue weighted by atomic mass is 35.5. The first kappa shape index (κ1) is 23.1. The molecule has 2 N–H and O–H groups in total. The Labute approximate surface area is 197 Å². The van der Waals surface area contributed by atoms with Crippen molar-refractivity contribution < 1.29 is 19.7 Å². The van der Waals surface area contributed by atoms with Crippen LogP contribution in [0.5, 0.6) is 0 Å². The topological polar surface area (TPSA) is 120 Å². The first-order chi connectivity index (χ1) is 15.4. The maximum Gasteiger partial charge on any atom is 0.283 e. The largest absolute Gasteiger partial charge is 0.394 e. The lowest BCUT2D eigenvalue weighted by atomic mass is 9.97. The van der Waals surface area contributed by atoms with E-state index in [1.807, 2.05) is 13.0 Å². The number of aromatic nitrogens is 5. The maximum atomic E-state index is 10.9. The van der Waals surface area contributed by atoms with Gasteiger partial charge in [0.1, 0.15) is 51.8 Å². The van der Waals surface area contributed by atoms with Gasteiger partial charge in [-0.2, -0.15) is 0 Å². The summed E-state index contributed by atoms with van der Waals surface area (Å²) in [5.41, 5.74) is 0.734. The number of rotatable bonds is 6. The Morgan fingerprint density at radius 3 is 2.94 bits per heavy atom. The molecular weight excluding hydrogens is 476 g/mol. The maximum absolute atomic E-state index is 10.9. The molecule has 1 aliphatic heterocycles. The molecule has 0 aliphatic carbocycles. The number of pyridine rings is 1. The van der Waals surface area contributed by atoms with Crippen molar-refractivity contribution in [2.75, 3.05) is 13.7 Å². The molecule has 1 aliphatic rings. The van der Waals surface area contributed by atoms with Gasteiger partial charge in [-0.25, -0.2) is 9.67 Å². The van der Waals surface area contributed by atoms with Crippen LogP contribution < -0.4 is 0 Å². The van der Waals surface area contributed by atoms with E-state index in [1.165, 1.54) is 34.9 Å². The van der Waals surface area contributed by atoms with Crippen molar-refractivity contribution in [1.29, 1.82) is 0 Å². The Hall–Kier alpha value is -2.11. The highest BCUT2D eigenvalue weighted by Gasteiger charge is 2.47. The van der Waals surface area contributed by atoms with Crippen LogP contribution in [0.25, 0.3) is 15.5 Å². The van der Waals surface area contributed by atoms with Crippen LogP contribution in [0.3, 0.4) is 0 Å². The second kappa shape index (κ2) is 9.80. The van der Waals surface area contributed by atoms with E-state index in [0.29, 0.717) is 20.8 Å². The molecule has 5 atom stereocenters. The summed E-state index contributed by atoms with van der Waals surface area (Å²) in [6, 6.07) is 1.13. The van der Waals surface area contributed by atoms with E-state index in [9.17, 15) is 10.2 Å². The second-order valence-electron chi connectivity index (χ2n) is 7.03. The minimum atomic E-state index is -1.12. The Morgan fingerprint density at radius 1 is 1.47 bits per heavy atom. The molecule has 0 saturated carbocycles. The van der Waals surface area contributed by atoms with Crippen molar-refractivity contribution in [3.8, 4) is 10.7 Å². The molecular formula is C19H19ClN6O4S2.